The topological polar surface area (TPSA) is 77.9 Å². The summed E-state index contributed by atoms with van der Waals surface area (Å²) in [5.41, 5.74) is 0. The van der Waals surface area contributed by atoms with Gasteiger partial charge in [0, 0.05) is 25.7 Å². The molecule has 0 aliphatic carbocycles. The second kappa shape index (κ2) is 6.41. The highest BCUT2D eigenvalue weighted by atomic mass is 32.2. The summed E-state index contributed by atoms with van der Waals surface area (Å²) in [4.78, 5) is 14.5. The molecular weight excluding hydrogens is 280 g/mol. The number of likely N-dealkylation sites (tertiary alicyclic amines) is 1. The van der Waals surface area contributed by atoms with Gasteiger partial charge >= 0.3 is 0 Å². The standard InChI is InChI=1S/C13H24N2O4S/c1-20(18,19)15-9-3-7-12(15)13(17)14-8-2-5-11(14)6-4-10-16/h11-12,16H,2-10H2,1H3. The summed E-state index contributed by atoms with van der Waals surface area (Å²) in [5.74, 6) is -0.0478. The predicted octanol–water partition coefficient (Wildman–Crippen LogP) is 0.174. The van der Waals surface area contributed by atoms with Crippen molar-refractivity contribution in [2.45, 2.75) is 50.6 Å². The molecule has 2 aliphatic heterocycles. The van der Waals surface area contributed by atoms with Crippen LogP contribution >= 0.6 is 0 Å². The van der Waals surface area contributed by atoms with Crippen LogP contribution in [-0.2, 0) is 14.8 Å². The molecule has 0 bridgehead atoms. The third kappa shape index (κ3) is 3.32. The van der Waals surface area contributed by atoms with Crippen LogP contribution in [0.25, 0.3) is 0 Å². The van der Waals surface area contributed by atoms with Gasteiger partial charge in [0.2, 0.25) is 15.9 Å². The molecule has 2 rings (SSSR count). The number of nitrogens with zero attached hydrogens (tertiary/aromatic N) is 2. The fourth-order valence-corrected chi connectivity index (χ4v) is 4.45. The third-order valence-electron chi connectivity index (χ3n) is 4.27. The van der Waals surface area contributed by atoms with Crippen molar-refractivity contribution in [3.8, 4) is 0 Å². The first-order valence-electron chi connectivity index (χ1n) is 7.33. The fraction of sp³-hybridized carbons (Fsp3) is 0.923. The summed E-state index contributed by atoms with van der Waals surface area (Å²) >= 11 is 0. The van der Waals surface area contributed by atoms with Crippen LogP contribution in [-0.4, -0.2) is 66.7 Å². The summed E-state index contributed by atoms with van der Waals surface area (Å²) in [6.45, 7) is 1.30. The minimum Gasteiger partial charge on any atom is -0.396 e. The monoisotopic (exact) mass is 304 g/mol. The van der Waals surface area contributed by atoms with Crippen LogP contribution < -0.4 is 0 Å². The van der Waals surface area contributed by atoms with E-state index in [9.17, 15) is 13.2 Å². The maximum Gasteiger partial charge on any atom is 0.241 e. The van der Waals surface area contributed by atoms with Gasteiger partial charge in [0.15, 0.2) is 0 Å². The van der Waals surface area contributed by atoms with E-state index >= 15 is 0 Å². The van der Waals surface area contributed by atoms with Crippen LogP contribution in [0.3, 0.4) is 0 Å². The van der Waals surface area contributed by atoms with Gasteiger partial charge in [-0.1, -0.05) is 0 Å². The molecule has 0 aromatic carbocycles. The number of aliphatic hydroxyl groups is 1. The molecule has 2 unspecified atom stereocenters. The molecule has 0 radical (unpaired) electrons. The number of carbonyl (C=O) groups is 1. The molecule has 7 heteroatoms. The van der Waals surface area contributed by atoms with E-state index in [0.29, 0.717) is 25.9 Å². The van der Waals surface area contributed by atoms with E-state index in [1.165, 1.54) is 10.6 Å². The van der Waals surface area contributed by atoms with Crippen LogP contribution in [0.15, 0.2) is 0 Å². The Balaban J connectivity index is 2.06. The van der Waals surface area contributed by atoms with Crippen molar-refractivity contribution in [1.82, 2.24) is 9.21 Å². The first-order chi connectivity index (χ1) is 9.45. The molecule has 2 atom stereocenters. The lowest BCUT2D eigenvalue weighted by molar-refractivity contribution is -0.135. The van der Waals surface area contributed by atoms with Gasteiger partial charge in [0.1, 0.15) is 6.04 Å². The third-order valence-corrected chi connectivity index (χ3v) is 5.56. The first kappa shape index (κ1) is 15.7. The molecule has 2 saturated heterocycles. The molecule has 2 fully saturated rings. The molecule has 2 aliphatic rings. The van der Waals surface area contributed by atoms with Crippen molar-refractivity contribution in [2.24, 2.45) is 0 Å². The SMILES string of the molecule is CS(=O)(=O)N1CCCC1C(=O)N1CCCC1CCCO. The second-order valence-corrected chi connectivity index (χ2v) is 7.66. The molecule has 0 aromatic heterocycles. The Kier molecular flexibility index (Phi) is 5.04. The zero-order chi connectivity index (χ0) is 14.8. The predicted molar refractivity (Wildman–Crippen MR) is 75.6 cm³/mol. The second-order valence-electron chi connectivity index (χ2n) is 5.73. The fourth-order valence-electron chi connectivity index (χ4n) is 3.33. The average Bonchev–Trinajstić information content (AvgIpc) is 3.03. The van der Waals surface area contributed by atoms with Gasteiger partial charge in [0.25, 0.3) is 0 Å². The van der Waals surface area contributed by atoms with E-state index in [0.717, 1.165) is 25.7 Å². The Hall–Kier alpha value is -0.660. The zero-order valence-corrected chi connectivity index (χ0v) is 12.8. The summed E-state index contributed by atoms with van der Waals surface area (Å²) < 4.78 is 24.8. The molecule has 20 heavy (non-hydrogen) atoms. The van der Waals surface area contributed by atoms with Crippen molar-refractivity contribution in [3.63, 3.8) is 0 Å². The lowest BCUT2D eigenvalue weighted by Gasteiger charge is -2.30. The quantitative estimate of drug-likeness (QED) is 0.785. The van der Waals surface area contributed by atoms with Crippen molar-refractivity contribution < 1.29 is 18.3 Å². The highest BCUT2D eigenvalue weighted by Crippen LogP contribution is 2.27. The summed E-state index contributed by atoms with van der Waals surface area (Å²) in [5, 5.41) is 8.92. The van der Waals surface area contributed by atoms with Crippen LogP contribution in [0.5, 0.6) is 0 Å². The highest BCUT2D eigenvalue weighted by molar-refractivity contribution is 7.88. The molecular formula is C13H24N2O4S. The Labute approximate surface area is 120 Å². The first-order valence-corrected chi connectivity index (χ1v) is 9.18. The van der Waals surface area contributed by atoms with Gasteiger partial charge in [-0.05, 0) is 38.5 Å². The van der Waals surface area contributed by atoms with Crippen molar-refractivity contribution in [2.75, 3.05) is 26.0 Å². The molecule has 1 amide bonds. The average molecular weight is 304 g/mol. The van der Waals surface area contributed by atoms with Gasteiger partial charge in [-0.25, -0.2) is 8.42 Å². The van der Waals surface area contributed by atoms with Gasteiger partial charge in [-0.3, -0.25) is 4.79 Å². The summed E-state index contributed by atoms with van der Waals surface area (Å²) in [6.07, 6.45) is 5.95. The van der Waals surface area contributed by atoms with Crippen molar-refractivity contribution in [3.05, 3.63) is 0 Å². The van der Waals surface area contributed by atoms with E-state index in [1.54, 1.807) is 0 Å². The van der Waals surface area contributed by atoms with Crippen LogP contribution in [0, 0.1) is 0 Å². The van der Waals surface area contributed by atoms with E-state index in [-0.39, 0.29) is 18.6 Å². The van der Waals surface area contributed by atoms with Gasteiger partial charge < -0.3 is 10.0 Å². The molecule has 2 heterocycles. The van der Waals surface area contributed by atoms with Gasteiger partial charge in [-0.15, -0.1) is 0 Å². The Morgan fingerprint density at radius 2 is 1.95 bits per heavy atom. The molecule has 6 nitrogen and oxygen atoms in total. The number of sulfonamides is 1. The molecule has 116 valence electrons. The number of hydrogen-bond acceptors (Lipinski definition) is 4. The minimum absolute atomic E-state index is 0.0478. The van der Waals surface area contributed by atoms with Gasteiger partial charge in [-0.2, -0.15) is 4.31 Å². The highest BCUT2D eigenvalue weighted by Gasteiger charge is 2.41. The maximum atomic E-state index is 12.6. The number of amides is 1. The van der Waals surface area contributed by atoms with Crippen LogP contribution in [0.2, 0.25) is 0 Å². The zero-order valence-electron chi connectivity index (χ0n) is 12.0. The summed E-state index contributed by atoms with van der Waals surface area (Å²) in [7, 11) is -3.31. The Morgan fingerprint density at radius 1 is 1.25 bits per heavy atom. The van der Waals surface area contributed by atoms with E-state index in [2.05, 4.69) is 0 Å². The Bertz CT molecular complexity index is 451. The lowest BCUT2D eigenvalue weighted by atomic mass is 10.1. The van der Waals surface area contributed by atoms with E-state index in [1.807, 2.05) is 4.90 Å². The van der Waals surface area contributed by atoms with E-state index in [4.69, 9.17) is 5.11 Å². The van der Waals surface area contributed by atoms with Gasteiger partial charge in [0.05, 0.1) is 6.26 Å². The molecule has 0 aromatic rings. The number of hydrogen-bond donors (Lipinski definition) is 1. The van der Waals surface area contributed by atoms with Crippen molar-refractivity contribution in [1.29, 1.82) is 0 Å². The smallest absolute Gasteiger partial charge is 0.241 e. The largest absolute Gasteiger partial charge is 0.396 e. The number of carbonyl (C=O) groups excluding carboxylic acids is 1. The normalized spacial score (nSPS) is 28.2. The molecule has 0 spiro atoms. The summed E-state index contributed by atoms with van der Waals surface area (Å²) in [6, 6.07) is -0.351. The van der Waals surface area contributed by atoms with E-state index < -0.39 is 16.1 Å². The van der Waals surface area contributed by atoms with Crippen LogP contribution in [0.1, 0.15) is 38.5 Å². The number of aliphatic hydroxyl groups excluding tert-OH is 1. The minimum atomic E-state index is -3.31. The Morgan fingerprint density at radius 3 is 2.60 bits per heavy atom. The number of rotatable bonds is 5. The maximum absolute atomic E-state index is 12.6. The molecule has 0 saturated carbocycles. The van der Waals surface area contributed by atoms with Crippen LogP contribution in [0.4, 0.5) is 0 Å². The lowest BCUT2D eigenvalue weighted by Crippen LogP contribution is -2.49. The molecule has 1 N–H and O–H groups in total. The van der Waals surface area contributed by atoms with Crippen molar-refractivity contribution >= 4 is 15.9 Å².